The second-order valence-corrected chi connectivity index (χ2v) is 6.01. The Morgan fingerprint density at radius 2 is 2.00 bits per heavy atom. The average molecular weight is 348 g/mol. The summed E-state index contributed by atoms with van der Waals surface area (Å²) in [5, 5.41) is 5.85. The Labute approximate surface area is 144 Å². The number of furan rings is 1. The number of halogens is 1. The summed E-state index contributed by atoms with van der Waals surface area (Å²) in [6.07, 6.45) is 5.07. The molecule has 7 heteroatoms. The zero-order chi connectivity index (χ0) is 16.9. The van der Waals surface area contributed by atoms with Gasteiger partial charge < -0.3 is 20.0 Å². The minimum absolute atomic E-state index is 0.129. The fourth-order valence-electron chi connectivity index (χ4n) is 2.66. The van der Waals surface area contributed by atoms with Gasteiger partial charge in [-0.1, -0.05) is 11.6 Å². The summed E-state index contributed by atoms with van der Waals surface area (Å²) < 4.78 is 4.82. The first-order valence-electron chi connectivity index (χ1n) is 7.78. The van der Waals surface area contributed by atoms with Crippen LogP contribution in [0.4, 0.5) is 11.4 Å². The number of hydrogen-bond acceptors (Lipinski definition) is 4. The van der Waals surface area contributed by atoms with Crippen LogP contribution >= 0.6 is 11.6 Å². The van der Waals surface area contributed by atoms with Gasteiger partial charge in [-0.2, -0.15) is 0 Å². The van der Waals surface area contributed by atoms with Gasteiger partial charge in [-0.15, -0.1) is 0 Å². The maximum absolute atomic E-state index is 11.9. The molecule has 1 saturated heterocycles. The molecule has 1 aromatic carbocycles. The summed E-state index contributed by atoms with van der Waals surface area (Å²) in [7, 11) is 0. The smallest absolute Gasteiger partial charge is 0.254 e. The lowest BCUT2D eigenvalue weighted by Crippen LogP contribution is -2.32. The highest BCUT2D eigenvalue weighted by atomic mass is 35.5. The van der Waals surface area contributed by atoms with E-state index in [1.54, 1.807) is 6.07 Å². The van der Waals surface area contributed by atoms with E-state index in [0.717, 1.165) is 18.8 Å². The third-order valence-corrected chi connectivity index (χ3v) is 4.17. The molecule has 24 heavy (non-hydrogen) atoms. The minimum atomic E-state index is -0.360. The lowest BCUT2D eigenvalue weighted by Gasteiger charge is -2.19. The minimum Gasteiger partial charge on any atom is -0.472 e. The molecule has 2 heterocycles. The fourth-order valence-corrected chi connectivity index (χ4v) is 2.96. The zero-order valence-electron chi connectivity index (χ0n) is 13.0. The molecular formula is C17H18ClN3O3. The van der Waals surface area contributed by atoms with Gasteiger partial charge >= 0.3 is 0 Å². The van der Waals surface area contributed by atoms with Crippen molar-refractivity contribution in [3.63, 3.8) is 0 Å². The molecule has 0 aliphatic carbocycles. The van der Waals surface area contributed by atoms with Crippen molar-refractivity contribution in [1.29, 1.82) is 0 Å². The lowest BCUT2D eigenvalue weighted by atomic mass is 10.2. The number of benzene rings is 1. The number of rotatable bonds is 5. The number of amides is 2. The van der Waals surface area contributed by atoms with Crippen molar-refractivity contribution in [1.82, 2.24) is 5.32 Å². The van der Waals surface area contributed by atoms with E-state index in [1.807, 2.05) is 12.1 Å². The molecule has 2 amide bonds. The van der Waals surface area contributed by atoms with E-state index < -0.39 is 0 Å². The molecule has 3 rings (SSSR count). The first-order chi connectivity index (χ1) is 11.6. The molecule has 0 unspecified atom stereocenters. The first kappa shape index (κ1) is 16.4. The van der Waals surface area contributed by atoms with Gasteiger partial charge in [0.05, 0.1) is 29.1 Å². The first-order valence-corrected chi connectivity index (χ1v) is 8.16. The maximum Gasteiger partial charge on any atom is 0.254 e. The van der Waals surface area contributed by atoms with Crippen LogP contribution in [0.15, 0.2) is 41.2 Å². The molecule has 1 aromatic heterocycles. The van der Waals surface area contributed by atoms with Gasteiger partial charge in [0.25, 0.3) is 5.91 Å². The molecule has 0 bridgehead atoms. The van der Waals surface area contributed by atoms with Crippen LogP contribution in [0.2, 0.25) is 5.02 Å². The fraction of sp³-hybridized carbons (Fsp3) is 0.294. The van der Waals surface area contributed by atoms with E-state index >= 15 is 0 Å². The van der Waals surface area contributed by atoms with Crippen LogP contribution in [0.25, 0.3) is 0 Å². The van der Waals surface area contributed by atoms with Crippen molar-refractivity contribution in [3.05, 3.63) is 47.4 Å². The molecule has 1 aliphatic heterocycles. The second kappa shape index (κ2) is 7.40. The van der Waals surface area contributed by atoms with E-state index in [-0.39, 0.29) is 18.4 Å². The highest BCUT2D eigenvalue weighted by molar-refractivity contribution is 6.33. The molecule has 1 aliphatic rings. The number of hydrogen-bond donors (Lipinski definition) is 2. The van der Waals surface area contributed by atoms with Gasteiger partial charge in [-0.05, 0) is 37.1 Å². The summed E-state index contributed by atoms with van der Waals surface area (Å²) in [6, 6.07) is 6.98. The number of carbonyl (C=O) groups is 2. The van der Waals surface area contributed by atoms with Crippen LogP contribution in [0.3, 0.4) is 0 Å². The third kappa shape index (κ3) is 3.89. The van der Waals surface area contributed by atoms with E-state index in [4.69, 9.17) is 16.0 Å². The van der Waals surface area contributed by atoms with Gasteiger partial charge in [-0.3, -0.25) is 9.59 Å². The Balaban J connectivity index is 1.54. The van der Waals surface area contributed by atoms with Gasteiger partial charge in [-0.25, -0.2) is 0 Å². The monoisotopic (exact) mass is 347 g/mol. The van der Waals surface area contributed by atoms with Crippen molar-refractivity contribution < 1.29 is 14.0 Å². The summed E-state index contributed by atoms with van der Waals surface area (Å²) >= 11 is 6.31. The Hall–Kier alpha value is -2.47. The van der Waals surface area contributed by atoms with Crippen molar-refractivity contribution >= 4 is 34.8 Å². The van der Waals surface area contributed by atoms with E-state index in [1.165, 1.54) is 31.4 Å². The van der Waals surface area contributed by atoms with E-state index in [9.17, 15) is 9.59 Å². The van der Waals surface area contributed by atoms with Crippen molar-refractivity contribution in [3.8, 4) is 0 Å². The maximum atomic E-state index is 11.9. The Morgan fingerprint density at radius 3 is 2.67 bits per heavy atom. The SMILES string of the molecule is O=C(CNC(=O)c1ccoc1)Nc1ccc(N2CCCC2)c(Cl)c1. The molecule has 2 N–H and O–H groups in total. The third-order valence-electron chi connectivity index (χ3n) is 3.87. The quantitative estimate of drug-likeness (QED) is 0.872. The predicted molar refractivity (Wildman–Crippen MR) is 92.6 cm³/mol. The summed E-state index contributed by atoms with van der Waals surface area (Å²) in [5.41, 5.74) is 1.96. The second-order valence-electron chi connectivity index (χ2n) is 5.60. The highest BCUT2D eigenvalue weighted by Gasteiger charge is 2.16. The summed E-state index contributed by atoms with van der Waals surface area (Å²) in [6.45, 7) is 1.88. The molecule has 0 saturated carbocycles. The average Bonchev–Trinajstić information content (AvgIpc) is 3.26. The highest BCUT2D eigenvalue weighted by Crippen LogP contribution is 2.31. The van der Waals surface area contributed by atoms with Gasteiger partial charge in [0.2, 0.25) is 5.91 Å². The summed E-state index contributed by atoms with van der Waals surface area (Å²) in [5.74, 6) is -0.682. The van der Waals surface area contributed by atoms with Gasteiger partial charge in [0, 0.05) is 18.8 Å². The zero-order valence-corrected chi connectivity index (χ0v) is 13.8. The van der Waals surface area contributed by atoms with Crippen LogP contribution in [-0.2, 0) is 4.79 Å². The van der Waals surface area contributed by atoms with Crippen LogP contribution in [-0.4, -0.2) is 31.4 Å². The van der Waals surface area contributed by atoms with E-state index in [2.05, 4.69) is 15.5 Å². The molecule has 126 valence electrons. The molecule has 2 aromatic rings. The molecular weight excluding hydrogens is 330 g/mol. The van der Waals surface area contributed by atoms with Crippen LogP contribution in [0, 0.1) is 0 Å². The number of anilines is 2. The number of nitrogens with one attached hydrogen (secondary N) is 2. The number of carbonyl (C=O) groups excluding carboxylic acids is 2. The largest absolute Gasteiger partial charge is 0.472 e. The van der Waals surface area contributed by atoms with Gasteiger partial charge in [0.15, 0.2) is 0 Å². The normalized spacial score (nSPS) is 13.8. The Kier molecular flexibility index (Phi) is 5.05. The van der Waals surface area contributed by atoms with Crippen molar-refractivity contribution in [2.75, 3.05) is 29.9 Å². The van der Waals surface area contributed by atoms with E-state index in [0.29, 0.717) is 16.3 Å². The number of nitrogens with zero attached hydrogens (tertiary/aromatic N) is 1. The topological polar surface area (TPSA) is 74.6 Å². The van der Waals surface area contributed by atoms with Crippen LogP contribution in [0.1, 0.15) is 23.2 Å². The van der Waals surface area contributed by atoms with Gasteiger partial charge in [0.1, 0.15) is 6.26 Å². The van der Waals surface area contributed by atoms with Crippen molar-refractivity contribution in [2.45, 2.75) is 12.8 Å². The Bertz CT molecular complexity index is 725. The molecule has 0 atom stereocenters. The summed E-state index contributed by atoms with van der Waals surface area (Å²) in [4.78, 5) is 25.9. The molecule has 0 radical (unpaired) electrons. The molecule has 0 spiro atoms. The van der Waals surface area contributed by atoms with Crippen molar-refractivity contribution in [2.24, 2.45) is 0 Å². The molecule has 1 fully saturated rings. The molecule has 6 nitrogen and oxygen atoms in total. The lowest BCUT2D eigenvalue weighted by molar-refractivity contribution is -0.115. The van der Waals surface area contributed by atoms with Crippen LogP contribution < -0.4 is 15.5 Å². The van der Waals surface area contributed by atoms with Crippen LogP contribution in [0.5, 0.6) is 0 Å². The Morgan fingerprint density at radius 1 is 1.21 bits per heavy atom. The standard InChI is InChI=1S/C17H18ClN3O3/c18-14-9-13(3-4-15(14)21-6-1-2-7-21)20-16(22)10-19-17(23)12-5-8-24-11-12/h3-5,8-9,11H,1-2,6-7,10H2,(H,19,23)(H,20,22). The predicted octanol–water partition coefficient (Wildman–Crippen LogP) is 2.90.